The summed E-state index contributed by atoms with van der Waals surface area (Å²) in [6, 6.07) is 15.2. The molecule has 1 atom stereocenters. The van der Waals surface area contributed by atoms with Gasteiger partial charge in [0.2, 0.25) is 0 Å². The van der Waals surface area contributed by atoms with Crippen LogP contribution >= 0.6 is 45.9 Å². The maximum absolute atomic E-state index is 13.7. The fourth-order valence-electron chi connectivity index (χ4n) is 4.13. The summed E-state index contributed by atoms with van der Waals surface area (Å²) in [6.07, 6.45) is 1.62. The van der Waals surface area contributed by atoms with Crippen LogP contribution in [0.5, 0.6) is 5.75 Å². The summed E-state index contributed by atoms with van der Waals surface area (Å²) < 4.78 is 7.06. The third-order valence-electron chi connectivity index (χ3n) is 5.77. The summed E-state index contributed by atoms with van der Waals surface area (Å²) in [4.78, 5) is 44.0. The van der Waals surface area contributed by atoms with Crippen molar-refractivity contribution < 1.29 is 19.4 Å². The number of rotatable bonds is 7. The van der Waals surface area contributed by atoms with Crippen LogP contribution in [0.25, 0.3) is 6.08 Å². The SMILES string of the molecule is CC1=C(C(=O)Nc2ccccc2)[C@@H](c2cccs2)n2c(s/c(=C\c3cc(Cl)c(OCC(=O)O)c(Cl)c3)c2=O)=N1. The van der Waals surface area contributed by atoms with Crippen molar-refractivity contribution in [2.75, 3.05) is 11.9 Å². The number of nitrogens with zero attached hydrogens (tertiary/aromatic N) is 2. The molecule has 0 fully saturated rings. The van der Waals surface area contributed by atoms with Gasteiger partial charge in [0, 0.05) is 10.6 Å². The number of amides is 1. The van der Waals surface area contributed by atoms with E-state index >= 15 is 0 Å². The maximum Gasteiger partial charge on any atom is 0.341 e. The molecule has 2 aromatic carbocycles. The van der Waals surface area contributed by atoms with Gasteiger partial charge in [-0.2, -0.15) is 0 Å². The molecular formula is C27H19Cl2N3O5S2. The monoisotopic (exact) mass is 599 g/mol. The maximum atomic E-state index is 13.7. The van der Waals surface area contributed by atoms with Gasteiger partial charge in [0.1, 0.15) is 6.04 Å². The van der Waals surface area contributed by atoms with Crippen molar-refractivity contribution in [3.05, 3.63) is 111 Å². The highest BCUT2D eigenvalue weighted by Crippen LogP contribution is 2.35. The minimum Gasteiger partial charge on any atom is -0.479 e. The third-order valence-corrected chi connectivity index (χ3v) is 8.24. The molecule has 39 heavy (non-hydrogen) atoms. The van der Waals surface area contributed by atoms with Crippen LogP contribution in [0.2, 0.25) is 10.0 Å². The number of carboxylic acid groups (broad SMARTS) is 1. The second kappa shape index (κ2) is 11.2. The van der Waals surface area contributed by atoms with Crippen LogP contribution < -0.4 is 24.9 Å². The number of thiazole rings is 1. The Morgan fingerprint density at radius 3 is 2.51 bits per heavy atom. The summed E-state index contributed by atoms with van der Waals surface area (Å²) in [7, 11) is 0. The van der Waals surface area contributed by atoms with Crippen LogP contribution in [0, 0.1) is 0 Å². The molecule has 5 rings (SSSR count). The second-order valence-electron chi connectivity index (χ2n) is 8.41. The van der Waals surface area contributed by atoms with Crippen LogP contribution in [0.1, 0.15) is 23.4 Å². The highest BCUT2D eigenvalue weighted by molar-refractivity contribution is 7.10. The van der Waals surface area contributed by atoms with E-state index < -0.39 is 18.6 Å². The van der Waals surface area contributed by atoms with Gasteiger partial charge in [-0.3, -0.25) is 14.2 Å². The number of anilines is 1. The quantitative estimate of drug-likeness (QED) is 0.320. The fourth-order valence-corrected chi connectivity index (χ4v) is 6.62. The predicted octanol–water partition coefficient (Wildman–Crippen LogP) is 4.71. The Balaban J connectivity index is 1.59. The molecule has 2 N–H and O–H groups in total. The topological polar surface area (TPSA) is 110 Å². The lowest BCUT2D eigenvalue weighted by Gasteiger charge is -2.24. The molecule has 1 amide bonds. The molecule has 0 spiro atoms. The van der Waals surface area contributed by atoms with Gasteiger partial charge in [-0.25, -0.2) is 9.79 Å². The number of hydrogen-bond donors (Lipinski definition) is 2. The average molecular weight is 601 g/mol. The van der Waals surface area contributed by atoms with Crippen molar-refractivity contribution in [3.8, 4) is 5.75 Å². The van der Waals surface area contributed by atoms with E-state index in [0.717, 1.165) is 4.88 Å². The molecular weight excluding hydrogens is 581 g/mol. The molecule has 0 radical (unpaired) electrons. The molecule has 0 unspecified atom stereocenters. The van der Waals surface area contributed by atoms with Gasteiger partial charge >= 0.3 is 5.97 Å². The van der Waals surface area contributed by atoms with Crippen LogP contribution in [0.15, 0.2) is 81.0 Å². The highest BCUT2D eigenvalue weighted by Gasteiger charge is 2.33. The molecule has 3 heterocycles. The Bertz CT molecular complexity index is 1770. The Labute approximate surface area is 239 Å². The lowest BCUT2D eigenvalue weighted by molar-refractivity contribution is -0.139. The number of para-hydroxylation sites is 1. The van der Waals surface area contributed by atoms with Gasteiger partial charge in [-0.05, 0) is 54.3 Å². The molecule has 1 aliphatic rings. The summed E-state index contributed by atoms with van der Waals surface area (Å²) in [5.74, 6) is -1.47. The minimum atomic E-state index is -1.17. The van der Waals surface area contributed by atoms with Gasteiger partial charge in [-0.1, -0.05) is 58.8 Å². The Morgan fingerprint density at radius 2 is 1.87 bits per heavy atom. The van der Waals surface area contributed by atoms with Gasteiger partial charge < -0.3 is 15.2 Å². The van der Waals surface area contributed by atoms with Crippen molar-refractivity contribution in [1.82, 2.24) is 4.57 Å². The lowest BCUT2D eigenvalue weighted by Crippen LogP contribution is -2.40. The molecule has 12 heteroatoms. The second-order valence-corrected chi connectivity index (χ2v) is 11.2. The lowest BCUT2D eigenvalue weighted by atomic mass is 10.0. The number of carbonyl (C=O) groups is 2. The molecule has 8 nitrogen and oxygen atoms in total. The van der Waals surface area contributed by atoms with E-state index in [-0.39, 0.29) is 27.3 Å². The summed E-state index contributed by atoms with van der Waals surface area (Å²) >= 11 is 15.2. The third kappa shape index (κ3) is 5.55. The van der Waals surface area contributed by atoms with Gasteiger partial charge in [0.15, 0.2) is 17.2 Å². The normalized spacial score (nSPS) is 15.1. The number of thiophene rings is 1. The average Bonchev–Trinajstić information content (AvgIpc) is 3.52. The van der Waals surface area contributed by atoms with Crippen molar-refractivity contribution in [2.24, 2.45) is 4.99 Å². The zero-order chi connectivity index (χ0) is 27.7. The number of carbonyl (C=O) groups excluding carboxylic acids is 1. The fraction of sp³-hybridized carbons (Fsp3) is 0.111. The molecule has 0 saturated heterocycles. The van der Waals surface area contributed by atoms with E-state index in [2.05, 4.69) is 10.3 Å². The molecule has 1 aliphatic heterocycles. The van der Waals surface area contributed by atoms with E-state index in [0.29, 0.717) is 31.9 Å². The van der Waals surface area contributed by atoms with Crippen LogP contribution in [-0.4, -0.2) is 28.2 Å². The zero-order valence-corrected chi connectivity index (χ0v) is 23.3. The number of nitrogens with one attached hydrogen (secondary N) is 1. The van der Waals surface area contributed by atoms with Crippen LogP contribution in [0.3, 0.4) is 0 Å². The molecule has 0 aliphatic carbocycles. The first-order valence-corrected chi connectivity index (χ1v) is 13.9. The van der Waals surface area contributed by atoms with Crippen LogP contribution in [0.4, 0.5) is 5.69 Å². The number of benzene rings is 2. The van der Waals surface area contributed by atoms with E-state index in [4.69, 9.17) is 33.0 Å². The van der Waals surface area contributed by atoms with Gasteiger partial charge in [-0.15, -0.1) is 11.3 Å². The summed E-state index contributed by atoms with van der Waals surface area (Å²) in [5.41, 5.74) is 1.72. The van der Waals surface area contributed by atoms with Gasteiger partial charge in [0.05, 0.1) is 25.8 Å². The van der Waals surface area contributed by atoms with Crippen molar-refractivity contribution in [1.29, 1.82) is 0 Å². The summed E-state index contributed by atoms with van der Waals surface area (Å²) in [5, 5.41) is 13.9. The Kier molecular flexibility index (Phi) is 7.72. The van der Waals surface area contributed by atoms with E-state index in [1.54, 1.807) is 25.1 Å². The molecule has 0 bridgehead atoms. The smallest absolute Gasteiger partial charge is 0.341 e. The molecule has 2 aromatic heterocycles. The zero-order valence-electron chi connectivity index (χ0n) is 20.2. The van der Waals surface area contributed by atoms with E-state index in [1.165, 1.54) is 39.4 Å². The number of allylic oxidation sites excluding steroid dienone is 1. The minimum absolute atomic E-state index is 0.0433. The van der Waals surface area contributed by atoms with Gasteiger partial charge in [0.25, 0.3) is 11.5 Å². The van der Waals surface area contributed by atoms with E-state index in [9.17, 15) is 14.4 Å². The van der Waals surface area contributed by atoms with Crippen LogP contribution in [-0.2, 0) is 9.59 Å². The Hall–Kier alpha value is -3.70. The first kappa shape index (κ1) is 26.9. The molecule has 0 saturated carbocycles. The number of hydrogen-bond acceptors (Lipinski definition) is 7. The number of fused-ring (bicyclic) bond motifs is 1. The van der Waals surface area contributed by atoms with Crippen molar-refractivity contribution in [2.45, 2.75) is 13.0 Å². The molecule has 198 valence electrons. The predicted molar refractivity (Wildman–Crippen MR) is 153 cm³/mol. The number of ether oxygens (including phenoxy) is 1. The number of carboxylic acids is 1. The molecule has 4 aromatic rings. The Morgan fingerprint density at radius 1 is 1.15 bits per heavy atom. The standard InChI is InChI=1S/C27H19Cl2N3O5S2/c1-14-22(25(35)31-16-6-3-2-4-7-16)23(19-8-5-9-38-19)32-26(36)20(39-27(32)30-14)12-15-10-17(28)24(18(29)11-15)37-13-21(33)34/h2-12,23H,13H2,1H3,(H,31,35)(H,33,34)/b20-12-/t23-/m1/s1. The largest absolute Gasteiger partial charge is 0.479 e. The number of aliphatic carboxylic acids is 1. The van der Waals surface area contributed by atoms with Crippen molar-refractivity contribution in [3.63, 3.8) is 0 Å². The first-order valence-electron chi connectivity index (χ1n) is 11.5. The van der Waals surface area contributed by atoms with Crippen molar-refractivity contribution >= 4 is 69.5 Å². The number of aromatic nitrogens is 1. The number of halogens is 2. The van der Waals surface area contributed by atoms with E-state index in [1.807, 2.05) is 35.7 Å². The summed E-state index contributed by atoms with van der Waals surface area (Å²) in [6.45, 7) is 1.16. The highest BCUT2D eigenvalue weighted by atomic mass is 35.5. The first-order chi connectivity index (χ1) is 18.7.